The number of nitrogens with zero attached hydrogens (tertiary/aromatic N) is 2. The first-order valence-electron chi connectivity index (χ1n) is 11.5. The summed E-state index contributed by atoms with van der Waals surface area (Å²) in [4.78, 5) is 2.57. The van der Waals surface area contributed by atoms with Crippen LogP contribution in [0.2, 0.25) is 0 Å². The molecule has 1 saturated heterocycles. The fraction of sp³-hybridized carbons (Fsp3) is 0.440. The molecule has 2 heterocycles. The summed E-state index contributed by atoms with van der Waals surface area (Å²) < 4.78 is 33.8. The Morgan fingerprint density at radius 2 is 1.81 bits per heavy atom. The van der Waals surface area contributed by atoms with Crippen molar-refractivity contribution in [1.82, 2.24) is 9.21 Å². The summed E-state index contributed by atoms with van der Waals surface area (Å²) in [6, 6.07) is 14.1. The molecule has 0 amide bonds. The highest BCUT2D eigenvalue weighted by atomic mass is 32.2. The molecule has 32 heavy (non-hydrogen) atoms. The highest BCUT2D eigenvalue weighted by molar-refractivity contribution is 7.89. The quantitative estimate of drug-likeness (QED) is 0.697. The van der Waals surface area contributed by atoms with Gasteiger partial charge >= 0.3 is 0 Å². The fourth-order valence-corrected chi connectivity index (χ4v) is 6.64. The van der Waals surface area contributed by atoms with Crippen LogP contribution in [0.1, 0.15) is 36.4 Å². The van der Waals surface area contributed by atoms with Gasteiger partial charge in [-0.25, -0.2) is 8.42 Å². The van der Waals surface area contributed by atoms with Crippen molar-refractivity contribution in [3.05, 3.63) is 65.7 Å². The molecule has 1 N–H and O–H groups in total. The minimum absolute atomic E-state index is 0.179. The lowest BCUT2D eigenvalue weighted by atomic mass is 9.77. The second kappa shape index (κ2) is 8.54. The Bertz CT molecular complexity index is 1110. The summed E-state index contributed by atoms with van der Waals surface area (Å²) in [5.74, 6) is 1.46. The maximum absolute atomic E-state index is 13.3. The first kappa shape index (κ1) is 21.5. The molecule has 0 radical (unpaired) electrons. The van der Waals surface area contributed by atoms with E-state index in [1.807, 2.05) is 38.2 Å². The van der Waals surface area contributed by atoms with E-state index in [4.69, 9.17) is 4.74 Å². The molecule has 1 fully saturated rings. The van der Waals surface area contributed by atoms with Gasteiger partial charge in [0.1, 0.15) is 5.75 Å². The molecule has 3 unspecified atom stereocenters. The first-order chi connectivity index (χ1) is 15.5. The summed E-state index contributed by atoms with van der Waals surface area (Å²) in [7, 11) is -1.45. The molecule has 0 aromatic heterocycles. The van der Waals surface area contributed by atoms with Crippen molar-refractivity contribution in [2.24, 2.45) is 5.92 Å². The summed E-state index contributed by atoms with van der Waals surface area (Å²) in [6.07, 6.45) is 5.46. The van der Waals surface area contributed by atoms with Crippen molar-refractivity contribution in [2.45, 2.75) is 30.2 Å². The van der Waals surface area contributed by atoms with E-state index in [0.29, 0.717) is 30.5 Å². The lowest BCUT2D eigenvalue weighted by Gasteiger charge is -2.38. The van der Waals surface area contributed by atoms with Crippen LogP contribution in [0.15, 0.2) is 59.5 Å². The second-order valence-corrected chi connectivity index (χ2v) is 10.9. The van der Waals surface area contributed by atoms with Crippen molar-refractivity contribution in [2.75, 3.05) is 45.2 Å². The SMILES string of the molecule is CCOc1ccc(C2Nc3ccc(S(=O)(=O)N4CCN(C)CC4)cc3C3C=CCC32)cc1. The van der Waals surface area contributed by atoms with Crippen molar-refractivity contribution in [3.8, 4) is 5.75 Å². The van der Waals surface area contributed by atoms with E-state index in [9.17, 15) is 8.42 Å². The van der Waals surface area contributed by atoms with Gasteiger partial charge in [0.15, 0.2) is 0 Å². The highest BCUT2D eigenvalue weighted by Crippen LogP contribution is 2.50. The zero-order chi connectivity index (χ0) is 22.3. The van der Waals surface area contributed by atoms with Crippen LogP contribution in [-0.2, 0) is 10.0 Å². The van der Waals surface area contributed by atoms with E-state index in [1.54, 1.807) is 10.4 Å². The number of piperazine rings is 1. The Kier molecular flexibility index (Phi) is 5.73. The van der Waals surface area contributed by atoms with Crippen LogP contribution in [0.5, 0.6) is 5.75 Å². The van der Waals surface area contributed by atoms with Crippen LogP contribution in [0.3, 0.4) is 0 Å². The topological polar surface area (TPSA) is 61.9 Å². The number of ether oxygens (including phenoxy) is 1. The monoisotopic (exact) mass is 453 g/mol. The number of anilines is 1. The maximum atomic E-state index is 13.3. The molecule has 7 heteroatoms. The molecule has 6 nitrogen and oxygen atoms in total. The summed E-state index contributed by atoms with van der Waals surface area (Å²) >= 11 is 0. The number of benzene rings is 2. The van der Waals surface area contributed by atoms with Crippen molar-refractivity contribution >= 4 is 15.7 Å². The average molecular weight is 454 g/mol. The lowest BCUT2D eigenvalue weighted by molar-refractivity contribution is 0.222. The van der Waals surface area contributed by atoms with Crippen LogP contribution in [0.4, 0.5) is 5.69 Å². The molecule has 0 spiro atoms. The highest BCUT2D eigenvalue weighted by Gasteiger charge is 2.39. The normalized spacial score (nSPS) is 25.8. The molecular weight excluding hydrogens is 422 g/mol. The summed E-state index contributed by atoms with van der Waals surface area (Å²) in [5, 5.41) is 3.70. The summed E-state index contributed by atoms with van der Waals surface area (Å²) in [5.41, 5.74) is 3.34. The zero-order valence-corrected chi connectivity index (χ0v) is 19.5. The molecule has 3 atom stereocenters. The smallest absolute Gasteiger partial charge is 0.243 e. The van der Waals surface area contributed by atoms with Crippen molar-refractivity contribution in [1.29, 1.82) is 0 Å². The molecule has 3 aliphatic rings. The Labute approximate surface area is 190 Å². The van der Waals surface area contributed by atoms with E-state index in [-0.39, 0.29) is 12.0 Å². The van der Waals surface area contributed by atoms with Crippen molar-refractivity contribution in [3.63, 3.8) is 0 Å². The minimum atomic E-state index is -3.48. The predicted molar refractivity (Wildman–Crippen MR) is 127 cm³/mol. The lowest BCUT2D eigenvalue weighted by Crippen LogP contribution is -2.47. The van der Waals surface area contributed by atoms with E-state index in [0.717, 1.165) is 36.5 Å². The van der Waals surface area contributed by atoms with Crippen LogP contribution in [0, 0.1) is 5.92 Å². The molecular formula is C25H31N3O3S. The molecule has 5 rings (SSSR count). The second-order valence-electron chi connectivity index (χ2n) is 8.93. The Morgan fingerprint density at radius 1 is 1.06 bits per heavy atom. The third-order valence-corrected chi connectivity index (χ3v) is 8.88. The number of hydrogen-bond donors (Lipinski definition) is 1. The van der Waals surface area contributed by atoms with Crippen molar-refractivity contribution < 1.29 is 13.2 Å². The molecule has 2 aromatic rings. The molecule has 1 aliphatic carbocycles. The minimum Gasteiger partial charge on any atom is -0.494 e. The number of nitrogens with one attached hydrogen (secondary N) is 1. The molecule has 0 bridgehead atoms. The van der Waals surface area contributed by atoms with Crippen LogP contribution >= 0.6 is 0 Å². The van der Waals surface area contributed by atoms with E-state index >= 15 is 0 Å². The number of fused-ring (bicyclic) bond motifs is 3. The third kappa shape index (κ3) is 3.83. The maximum Gasteiger partial charge on any atom is 0.243 e. The van der Waals surface area contributed by atoms with Gasteiger partial charge in [0.25, 0.3) is 0 Å². The van der Waals surface area contributed by atoms with Gasteiger partial charge in [-0.2, -0.15) is 4.31 Å². The largest absolute Gasteiger partial charge is 0.494 e. The Balaban J connectivity index is 1.44. The Hall–Kier alpha value is -2.35. The fourth-order valence-electron chi connectivity index (χ4n) is 5.18. The van der Waals surface area contributed by atoms with Gasteiger partial charge < -0.3 is 15.0 Å². The van der Waals surface area contributed by atoms with Gasteiger partial charge in [-0.05, 0) is 67.8 Å². The predicted octanol–water partition coefficient (Wildman–Crippen LogP) is 3.85. The standard InChI is InChI=1S/C25H31N3O3S/c1-3-31-19-9-7-18(8-10-19)25-22-6-4-5-21(22)23-17-20(11-12-24(23)26-25)32(29,30)28-15-13-27(2)14-16-28/h4-5,7-12,17,21-22,25-26H,3,6,13-16H2,1-2H3. The zero-order valence-electron chi connectivity index (χ0n) is 18.7. The molecule has 0 saturated carbocycles. The molecule has 2 aliphatic heterocycles. The van der Waals surface area contributed by atoms with Crippen LogP contribution < -0.4 is 10.1 Å². The number of allylic oxidation sites excluding steroid dienone is 2. The van der Waals surface area contributed by atoms with Gasteiger partial charge in [0.2, 0.25) is 10.0 Å². The number of hydrogen-bond acceptors (Lipinski definition) is 5. The third-order valence-electron chi connectivity index (χ3n) is 6.98. The van der Waals surface area contributed by atoms with Crippen LogP contribution in [-0.4, -0.2) is 57.5 Å². The van der Waals surface area contributed by atoms with Gasteiger partial charge in [-0.3, -0.25) is 0 Å². The number of likely N-dealkylation sites (N-methyl/N-ethyl adjacent to an activating group) is 1. The average Bonchev–Trinajstić information content (AvgIpc) is 3.30. The molecule has 170 valence electrons. The van der Waals surface area contributed by atoms with E-state index < -0.39 is 10.0 Å². The molecule has 2 aromatic carbocycles. The first-order valence-corrected chi connectivity index (χ1v) is 12.9. The van der Waals surface area contributed by atoms with Gasteiger partial charge in [0, 0.05) is 37.8 Å². The van der Waals surface area contributed by atoms with E-state index in [1.165, 1.54) is 5.56 Å². The van der Waals surface area contributed by atoms with Gasteiger partial charge in [-0.1, -0.05) is 24.3 Å². The number of rotatable bonds is 5. The van der Waals surface area contributed by atoms with E-state index in [2.05, 4.69) is 34.5 Å². The number of sulfonamides is 1. The van der Waals surface area contributed by atoms with Gasteiger partial charge in [-0.15, -0.1) is 0 Å². The van der Waals surface area contributed by atoms with Crippen LogP contribution in [0.25, 0.3) is 0 Å². The van der Waals surface area contributed by atoms with Gasteiger partial charge in [0.05, 0.1) is 17.5 Å². The Morgan fingerprint density at radius 3 is 2.53 bits per heavy atom. The summed E-state index contributed by atoms with van der Waals surface area (Å²) in [6.45, 7) is 5.26.